The average Bonchev–Trinajstić information content (AvgIpc) is 2.46. The molecule has 1 aromatic rings. The molecule has 0 aliphatic rings. The highest BCUT2D eigenvalue weighted by atomic mass is 16.5. The summed E-state index contributed by atoms with van der Waals surface area (Å²) in [6.45, 7) is 7.35. The first kappa shape index (κ1) is 16.5. The molecule has 1 aromatic carbocycles. The fourth-order valence-electron chi connectivity index (χ4n) is 2.18. The molecule has 112 valence electrons. The number of benzene rings is 1. The monoisotopic (exact) mass is 278 g/mol. The van der Waals surface area contributed by atoms with E-state index in [9.17, 15) is 4.79 Å². The topological polar surface area (TPSA) is 41.6 Å². The maximum absolute atomic E-state index is 12.7. The molecule has 0 aliphatic carbocycles. The van der Waals surface area contributed by atoms with E-state index >= 15 is 0 Å². The Morgan fingerprint density at radius 2 is 2.15 bits per heavy atom. The fraction of sp³-hybridized carbons (Fsp3) is 0.562. The molecule has 0 aliphatic heterocycles. The van der Waals surface area contributed by atoms with Crippen molar-refractivity contribution in [2.75, 3.05) is 32.6 Å². The van der Waals surface area contributed by atoms with Crippen molar-refractivity contribution in [1.82, 2.24) is 4.90 Å². The lowest BCUT2D eigenvalue weighted by atomic mass is 10.1. The number of aryl methyl sites for hydroxylation is 1. The van der Waals surface area contributed by atoms with E-state index < -0.39 is 0 Å². The van der Waals surface area contributed by atoms with Crippen LogP contribution in [0.1, 0.15) is 36.2 Å². The molecule has 1 unspecified atom stereocenters. The van der Waals surface area contributed by atoms with Crippen molar-refractivity contribution in [3.8, 4) is 0 Å². The van der Waals surface area contributed by atoms with Crippen LogP contribution in [0.5, 0.6) is 0 Å². The van der Waals surface area contributed by atoms with E-state index in [4.69, 9.17) is 4.74 Å². The van der Waals surface area contributed by atoms with Gasteiger partial charge < -0.3 is 15.0 Å². The maximum atomic E-state index is 12.7. The van der Waals surface area contributed by atoms with Crippen LogP contribution in [-0.4, -0.2) is 44.2 Å². The van der Waals surface area contributed by atoms with Crippen molar-refractivity contribution >= 4 is 11.6 Å². The largest absolute Gasteiger partial charge is 0.388 e. The third-order valence-electron chi connectivity index (χ3n) is 3.66. The van der Waals surface area contributed by atoms with Gasteiger partial charge in [-0.15, -0.1) is 0 Å². The molecule has 4 heteroatoms. The van der Waals surface area contributed by atoms with Gasteiger partial charge >= 0.3 is 0 Å². The van der Waals surface area contributed by atoms with Crippen LogP contribution < -0.4 is 5.32 Å². The SMILES string of the molecule is CCC(C)N(CCOC)C(=O)c1ccc(NC)c(C)c1. The van der Waals surface area contributed by atoms with Crippen molar-refractivity contribution in [2.24, 2.45) is 0 Å². The standard InChI is InChI=1S/C16H26N2O2/c1-6-13(3)18(9-10-20-5)16(19)14-7-8-15(17-4)12(2)11-14/h7-8,11,13,17H,6,9-10H2,1-5H3. The van der Waals surface area contributed by atoms with Gasteiger partial charge in [0.25, 0.3) is 5.91 Å². The Morgan fingerprint density at radius 3 is 2.65 bits per heavy atom. The van der Waals surface area contributed by atoms with E-state index in [-0.39, 0.29) is 11.9 Å². The number of anilines is 1. The van der Waals surface area contributed by atoms with Gasteiger partial charge in [0.1, 0.15) is 0 Å². The Labute approximate surface area is 122 Å². The van der Waals surface area contributed by atoms with E-state index in [1.807, 2.05) is 37.1 Å². The number of nitrogens with one attached hydrogen (secondary N) is 1. The second-order valence-corrected chi connectivity index (χ2v) is 5.03. The molecule has 20 heavy (non-hydrogen) atoms. The second kappa shape index (κ2) is 7.90. The highest BCUT2D eigenvalue weighted by molar-refractivity contribution is 5.95. The van der Waals surface area contributed by atoms with E-state index in [1.165, 1.54) is 0 Å². The van der Waals surface area contributed by atoms with Gasteiger partial charge in [-0.3, -0.25) is 4.79 Å². The number of methoxy groups -OCH3 is 1. The third kappa shape index (κ3) is 3.97. The minimum absolute atomic E-state index is 0.0714. The molecule has 0 spiro atoms. The minimum atomic E-state index is 0.0714. The zero-order chi connectivity index (χ0) is 15.1. The smallest absolute Gasteiger partial charge is 0.254 e. The summed E-state index contributed by atoms with van der Waals surface area (Å²) >= 11 is 0. The summed E-state index contributed by atoms with van der Waals surface area (Å²) in [5.74, 6) is 0.0714. The van der Waals surface area contributed by atoms with Gasteiger partial charge in [0.15, 0.2) is 0 Å². The normalized spacial score (nSPS) is 12.1. The lowest BCUT2D eigenvalue weighted by molar-refractivity contribution is 0.0614. The zero-order valence-corrected chi connectivity index (χ0v) is 13.2. The van der Waals surface area contributed by atoms with Gasteiger partial charge in [0.05, 0.1) is 6.61 Å². The Balaban J connectivity index is 2.96. The first-order valence-electron chi connectivity index (χ1n) is 7.13. The van der Waals surface area contributed by atoms with Crippen molar-refractivity contribution in [2.45, 2.75) is 33.2 Å². The number of carbonyl (C=O) groups is 1. The summed E-state index contributed by atoms with van der Waals surface area (Å²) in [6, 6.07) is 5.98. The Bertz CT molecular complexity index is 446. The summed E-state index contributed by atoms with van der Waals surface area (Å²) in [5.41, 5.74) is 2.86. The van der Waals surface area contributed by atoms with Crippen LogP contribution in [0.25, 0.3) is 0 Å². The van der Waals surface area contributed by atoms with Gasteiger partial charge in [0.2, 0.25) is 0 Å². The number of nitrogens with zero attached hydrogens (tertiary/aromatic N) is 1. The molecule has 0 saturated carbocycles. The van der Waals surface area contributed by atoms with Crippen LogP contribution in [-0.2, 0) is 4.74 Å². The molecule has 0 fully saturated rings. The summed E-state index contributed by atoms with van der Waals surface area (Å²) in [5, 5.41) is 3.11. The number of amides is 1. The Hall–Kier alpha value is -1.55. The highest BCUT2D eigenvalue weighted by Gasteiger charge is 2.20. The molecule has 0 bridgehead atoms. The summed E-state index contributed by atoms with van der Waals surface area (Å²) in [7, 11) is 3.54. The first-order chi connectivity index (χ1) is 9.54. The van der Waals surface area contributed by atoms with Crippen molar-refractivity contribution in [3.05, 3.63) is 29.3 Å². The first-order valence-corrected chi connectivity index (χ1v) is 7.13. The Morgan fingerprint density at radius 1 is 1.45 bits per heavy atom. The molecular weight excluding hydrogens is 252 g/mol. The molecule has 0 aromatic heterocycles. The molecule has 1 amide bonds. The maximum Gasteiger partial charge on any atom is 0.254 e. The van der Waals surface area contributed by atoms with E-state index in [0.717, 1.165) is 23.2 Å². The van der Waals surface area contributed by atoms with Gasteiger partial charge in [-0.2, -0.15) is 0 Å². The predicted molar refractivity (Wildman–Crippen MR) is 83.4 cm³/mol. The summed E-state index contributed by atoms with van der Waals surface area (Å²) < 4.78 is 5.11. The molecule has 0 heterocycles. The molecule has 1 rings (SSSR count). The Kier molecular flexibility index (Phi) is 6.52. The summed E-state index contributed by atoms with van der Waals surface area (Å²) in [6.07, 6.45) is 0.934. The van der Waals surface area contributed by atoms with Crippen LogP contribution in [0.4, 0.5) is 5.69 Å². The highest BCUT2D eigenvalue weighted by Crippen LogP contribution is 2.18. The average molecular weight is 278 g/mol. The molecule has 1 atom stereocenters. The van der Waals surface area contributed by atoms with Gasteiger partial charge in [0, 0.05) is 38.0 Å². The predicted octanol–water partition coefficient (Wildman–Crippen LogP) is 2.92. The van der Waals surface area contributed by atoms with Crippen LogP contribution in [0.3, 0.4) is 0 Å². The lowest BCUT2D eigenvalue weighted by Gasteiger charge is -2.28. The lowest BCUT2D eigenvalue weighted by Crippen LogP contribution is -2.40. The van der Waals surface area contributed by atoms with Crippen LogP contribution in [0, 0.1) is 6.92 Å². The molecule has 0 radical (unpaired) electrons. The van der Waals surface area contributed by atoms with Crippen LogP contribution in [0.2, 0.25) is 0 Å². The van der Waals surface area contributed by atoms with Crippen molar-refractivity contribution in [1.29, 1.82) is 0 Å². The number of carbonyl (C=O) groups excluding carboxylic acids is 1. The third-order valence-corrected chi connectivity index (χ3v) is 3.66. The van der Waals surface area contributed by atoms with Gasteiger partial charge in [-0.1, -0.05) is 6.92 Å². The second-order valence-electron chi connectivity index (χ2n) is 5.03. The number of rotatable bonds is 7. The van der Waals surface area contributed by atoms with Crippen LogP contribution >= 0.6 is 0 Å². The zero-order valence-electron chi connectivity index (χ0n) is 13.2. The molecule has 1 N–H and O–H groups in total. The quantitative estimate of drug-likeness (QED) is 0.834. The van der Waals surface area contributed by atoms with Gasteiger partial charge in [-0.25, -0.2) is 0 Å². The van der Waals surface area contributed by atoms with Crippen molar-refractivity contribution < 1.29 is 9.53 Å². The molecular formula is C16H26N2O2. The van der Waals surface area contributed by atoms with Gasteiger partial charge in [-0.05, 0) is 44.0 Å². The number of ether oxygens (including phenoxy) is 1. The summed E-state index contributed by atoms with van der Waals surface area (Å²) in [4.78, 5) is 14.5. The number of hydrogen-bond donors (Lipinski definition) is 1. The fourth-order valence-corrected chi connectivity index (χ4v) is 2.18. The van der Waals surface area contributed by atoms with E-state index in [1.54, 1.807) is 7.11 Å². The molecule has 0 saturated heterocycles. The van der Waals surface area contributed by atoms with E-state index in [2.05, 4.69) is 19.2 Å². The van der Waals surface area contributed by atoms with Crippen LogP contribution in [0.15, 0.2) is 18.2 Å². The minimum Gasteiger partial charge on any atom is -0.388 e. The van der Waals surface area contributed by atoms with Crippen molar-refractivity contribution in [3.63, 3.8) is 0 Å². The number of hydrogen-bond acceptors (Lipinski definition) is 3. The van der Waals surface area contributed by atoms with E-state index in [0.29, 0.717) is 13.2 Å². The molecule has 4 nitrogen and oxygen atoms in total.